The van der Waals surface area contributed by atoms with Crippen LogP contribution in [0.1, 0.15) is 40.7 Å². The van der Waals surface area contributed by atoms with E-state index in [0.29, 0.717) is 12.0 Å². The Hall–Kier alpha value is -1.75. The molecule has 1 aliphatic rings. The Morgan fingerprint density at radius 3 is 2.46 bits per heavy atom. The lowest BCUT2D eigenvalue weighted by Gasteiger charge is -2.27. The van der Waals surface area contributed by atoms with Crippen molar-refractivity contribution in [2.45, 2.75) is 24.1 Å². The standard InChI is InChI=1S/C19H15Cl3O4/c1-2-19(22)15(10-6-4-3-5-7-10)11-8-12(26-9-13(23)24)16(20)17(21)14(11)18(19)25/h3-8,15H,2,9H2,1H3,(H,23,24). The number of aliphatic carboxylic acids is 1. The Bertz CT molecular complexity index is 882. The van der Waals surface area contributed by atoms with Crippen molar-refractivity contribution in [1.82, 2.24) is 0 Å². The number of hydrogen-bond acceptors (Lipinski definition) is 3. The molecule has 0 aromatic heterocycles. The van der Waals surface area contributed by atoms with Crippen LogP contribution in [0, 0.1) is 0 Å². The summed E-state index contributed by atoms with van der Waals surface area (Å²) in [5.41, 5.74) is 1.72. The van der Waals surface area contributed by atoms with Gasteiger partial charge in [0.1, 0.15) is 15.6 Å². The van der Waals surface area contributed by atoms with Gasteiger partial charge in [-0.1, -0.05) is 60.5 Å². The van der Waals surface area contributed by atoms with E-state index in [-0.39, 0.29) is 27.1 Å². The first-order valence-corrected chi connectivity index (χ1v) is 9.09. The monoisotopic (exact) mass is 412 g/mol. The van der Waals surface area contributed by atoms with E-state index in [1.807, 2.05) is 37.3 Å². The molecule has 2 aromatic carbocycles. The van der Waals surface area contributed by atoms with Gasteiger partial charge in [-0.3, -0.25) is 4.79 Å². The van der Waals surface area contributed by atoms with Crippen LogP contribution in [0.15, 0.2) is 36.4 Å². The molecule has 0 bridgehead atoms. The lowest BCUT2D eigenvalue weighted by Crippen LogP contribution is -2.32. The van der Waals surface area contributed by atoms with Crippen LogP contribution in [0.25, 0.3) is 0 Å². The van der Waals surface area contributed by atoms with Crippen molar-refractivity contribution < 1.29 is 19.4 Å². The van der Waals surface area contributed by atoms with Crippen molar-refractivity contribution in [3.8, 4) is 5.75 Å². The summed E-state index contributed by atoms with van der Waals surface area (Å²) < 4.78 is 5.26. The molecule has 0 saturated carbocycles. The van der Waals surface area contributed by atoms with E-state index in [1.54, 1.807) is 6.07 Å². The Morgan fingerprint density at radius 2 is 1.88 bits per heavy atom. The van der Waals surface area contributed by atoms with Gasteiger partial charge < -0.3 is 9.84 Å². The number of ether oxygens (including phenoxy) is 1. The van der Waals surface area contributed by atoms with E-state index >= 15 is 0 Å². The van der Waals surface area contributed by atoms with Crippen LogP contribution in [0.3, 0.4) is 0 Å². The molecule has 26 heavy (non-hydrogen) atoms. The smallest absolute Gasteiger partial charge is 0.341 e. The molecular weight excluding hydrogens is 399 g/mol. The third-order valence-corrected chi connectivity index (χ3v) is 6.08. The number of rotatable bonds is 5. The number of alkyl halides is 1. The molecule has 0 aliphatic heterocycles. The second kappa shape index (κ2) is 7.10. The number of benzene rings is 2. The normalized spacial score (nSPS) is 21.5. The first kappa shape index (κ1) is 19.0. The summed E-state index contributed by atoms with van der Waals surface area (Å²) >= 11 is 19.4. The maximum atomic E-state index is 13.1. The van der Waals surface area contributed by atoms with Crippen LogP contribution >= 0.6 is 34.8 Å². The van der Waals surface area contributed by atoms with Gasteiger partial charge in [-0.2, -0.15) is 0 Å². The average Bonchev–Trinajstić information content (AvgIpc) is 2.85. The van der Waals surface area contributed by atoms with Gasteiger partial charge in [-0.25, -0.2) is 4.79 Å². The quantitative estimate of drug-likeness (QED) is 0.687. The molecule has 0 radical (unpaired) electrons. The van der Waals surface area contributed by atoms with Crippen LogP contribution in [0.5, 0.6) is 5.75 Å². The zero-order valence-corrected chi connectivity index (χ0v) is 16.0. The van der Waals surface area contributed by atoms with Crippen LogP contribution in [-0.4, -0.2) is 28.3 Å². The molecule has 136 valence electrons. The molecule has 2 unspecified atom stereocenters. The molecule has 7 heteroatoms. The van der Waals surface area contributed by atoms with Crippen LogP contribution in [-0.2, 0) is 4.79 Å². The van der Waals surface area contributed by atoms with Gasteiger partial charge in [0.2, 0.25) is 0 Å². The van der Waals surface area contributed by atoms with Crippen molar-refractivity contribution >= 4 is 46.6 Å². The Labute approximate surface area is 165 Å². The average molecular weight is 414 g/mol. The van der Waals surface area contributed by atoms with Gasteiger partial charge in [-0.15, -0.1) is 11.6 Å². The summed E-state index contributed by atoms with van der Waals surface area (Å²) in [6, 6.07) is 11.0. The lowest BCUT2D eigenvalue weighted by molar-refractivity contribution is -0.139. The zero-order chi connectivity index (χ0) is 19.1. The number of ketones is 1. The highest BCUT2D eigenvalue weighted by Gasteiger charge is 2.53. The molecule has 0 spiro atoms. The number of fused-ring (bicyclic) bond motifs is 1. The number of carbonyl (C=O) groups excluding carboxylic acids is 1. The van der Waals surface area contributed by atoms with Gasteiger partial charge in [0.15, 0.2) is 12.4 Å². The molecule has 0 heterocycles. The molecule has 3 rings (SSSR count). The number of Topliss-reactive ketones (excluding diaryl/α,β-unsaturated/α-hetero) is 1. The fraction of sp³-hybridized carbons (Fsp3) is 0.263. The summed E-state index contributed by atoms with van der Waals surface area (Å²) in [4.78, 5) is 22.7. The van der Waals surface area contributed by atoms with E-state index in [9.17, 15) is 9.59 Å². The van der Waals surface area contributed by atoms with Crippen molar-refractivity contribution in [3.05, 3.63) is 63.1 Å². The second-order valence-electron chi connectivity index (χ2n) is 6.04. The highest BCUT2D eigenvalue weighted by Crippen LogP contribution is 2.55. The highest BCUT2D eigenvalue weighted by molar-refractivity contribution is 6.48. The minimum atomic E-state index is -1.19. The third-order valence-electron chi connectivity index (χ3n) is 4.58. The summed E-state index contributed by atoms with van der Waals surface area (Å²) in [5.74, 6) is -1.76. The molecule has 0 amide bonds. The molecule has 1 aliphatic carbocycles. The van der Waals surface area contributed by atoms with E-state index in [2.05, 4.69) is 0 Å². The van der Waals surface area contributed by atoms with Crippen LogP contribution in [0.4, 0.5) is 0 Å². The molecule has 4 nitrogen and oxygen atoms in total. The van der Waals surface area contributed by atoms with Gasteiger partial charge >= 0.3 is 5.97 Å². The number of carboxylic acids is 1. The predicted molar refractivity (Wildman–Crippen MR) is 101 cm³/mol. The van der Waals surface area contributed by atoms with Crippen molar-refractivity contribution in [3.63, 3.8) is 0 Å². The number of halogens is 3. The van der Waals surface area contributed by atoms with Gasteiger partial charge in [0.05, 0.1) is 5.02 Å². The summed E-state index contributed by atoms with van der Waals surface area (Å²) in [6.07, 6.45) is 0.390. The second-order valence-corrected chi connectivity index (χ2v) is 7.47. The molecule has 2 atom stereocenters. The van der Waals surface area contributed by atoms with E-state index < -0.39 is 23.4 Å². The molecule has 2 aromatic rings. The zero-order valence-electron chi connectivity index (χ0n) is 13.8. The third kappa shape index (κ3) is 2.96. The van der Waals surface area contributed by atoms with E-state index in [4.69, 9.17) is 44.6 Å². The molecule has 0 fully saturated rings. The maximum absolute atomic E-state index is 13.1. The largest absolute Gasteiger partial charge is 0.480 e. The number of carboxylic acid groups (broad SMARTS) is 1. The minimum absolute atomic E-state index is 0.00356. The summed E-state index contributed by atoms with van der Waals surface area (Å²) in [6.45, 7) is 1.27. The molecule has 1 N–H and O–H groups in total. The number of hydrogen-bond donors (Lipinski definition) is 1. The van der Waals surface area contributed by atoms with Gasteiger partial charge in [0.25, 0.3) is 0 Å². The van der Waals surface area contributed by atoms with Crippen molar-refractivity contribution in [2.75, 3.05) is 6.61 Å². The van der Waals surface area contributed by atoms with Crippen molar-refractivity contribution in [2.24, 2.45) is 0 Å². The fourth-order valence-electron chi connectivity index (χ4n) is 3.36. The van der Waals surface area contributed by atoms with E-state index in [1.165, 1.54) is 0 Å². The Kier molecular flexibility index (Phi) is 5.20. The summed E-state index contributed by atoms with van der Waals surface area (Å²) in [5, 5.41) is 8.88. The topological polar surface area (TPSA) is 63.6 Å². The predicted octanol–water partition coefficient (Wildman–Crippen LogP) is 5.17. The summed E-state index contributed by atoms with van der Waals surface area (Å²) in [7, 11) is 0. The lowest BCUT2D eigenvalue weighted by atomic mass is 9.83. The molecular formula is C19H15Cl3O4. The van der Waals surface area contributed by atoms with Crippen LogP contribution < -0.4 is 4.74 Å². The Morgan fingerprint density at radius 1 is 1.23 bits per heavy atom. The van der Waals surface area contributed by atoms with Crippen LogP contribution in [0.2, 0.25) is 10.0 Å². The maximum Gasteiger partial charge on any atom is 0.341 e. The van der Waals surface area contributed by atoms with E-state index in [0.717, 1.165) is 5.56 Å². The first-order chi connectivity index (χ1) is 12.3. The highest BCUT2D eigenvalue weighted by atomic mass is 35.5. The SMILES string of the molecule is CCC1(Cl)C(=O)c2c(cc(OCC(=O)O)c(Cl)c2Cl)C1c1ccccc1. The van der Waals surface area contributed by atoms with Gasteiger partial charge in [-0.05, 0) is 23.6 Å². The number of carbonyl (C=O) groups is 2. The fourth-order valence-corrected chi connectivity index (χ4v) is 4.19. The Balaban J connectivity index is 2.22. The van der Waals surface area contributed by atoms with Crippen molar-refractivity contribution in [1.29, 1.82) is 0 Å². The minimum Gasteiger partial charge on any atom is -0.480 e. The van der Waals surface area contributed by atoms with Gasteiger partial charge in [0, 0.05) is 11.5 Å². The molecule has 0 saturated heterocycles. The first-order valence-electron chi connectivity index (χ1n) is 7.96.